The molecule has 0 saturated carbocycles. The fourth-order valence-corrected chi connectivity index (χ4v) is 4.03. The van der Waals surface area contributed by atoms with Crippen LogP contribution in [0.3, 0.4) is 0 Å². The van der Waals surface area contributed by atoms with E-state index in [1.54, 1.807) is 0 Å². The molecule has 8 nitrogen and oxygen atoms in total. The van der Waals surface area contributed by atoms with Gasteiger partial charge in [-0.1, -0.05) is 48.5 Å². The first kappa shape index (κ1) is 19.8. The topological polar surface area (TPSA) is 128 Å². The predicted octanol–water partition coefficient (Wildman–Crippen LogP) is 0.325. The Balaban J connectivity index is 1.43. The summed E-state index contributed by atoms with van der Waals surface area (Å²) in [4.78, 5) is 12.3. The second-order valence-electron chi connectivity index (χ2n) is 7.22. The van der Waals surface area contributed by atoms with Crippen molar-refractivity contribution in [2.45, 2.75) is 36.6 Å². The third kappa shape index (κ3) is 3.61. The van der Waals surface area contributed by atoms with Crippen LogP contribution in [-0.2, 0) is 9.47 Å². The number of aliphatic hydroxyl groups excluding tert-OH is 4. The van der Waals surface area contributed by atoms with Gasteiger partial charge < -0.3 is 35.2 Å². The first-order valence-electron chi connectivity index (χ1n) is 9.43. The molecule has 5 atom stereocenters. The average molecular weight is 401 g/mol. The Hall–Kier alpha value is -2.49. The fraction of sp³-hybridized carbons (Fsp3) is 0.381. The highest BCUT2D eigenvalue weighted by Crippen LogP contribution is 2.44. The lowest BCUT2D eigenvalue weighted by Gasteiger charge is -2.40. The van der Waals surface area contributed by atoms with Crippen LogP contribution in [0, 0.1) is 0 Å². The Morgan fingerprint density at radius 2 is 1.55 bits per heavy atom. The number of carbonyl (C=O) groups excluding carboxylic acids is 1. The number of hydrogen-bond donors (Lipinski definition) is 5. The predicted molar refractivity (Wildman–Crippen MR) is 102 cm³/mol. The minimum atomic E-state index is -1.59. The first-order valence-corrected chi connectivity index (χ1v) is 9.43. The number of alkyl carbamates (subject to hydrolysis) is 1. The molecule has 2 aliphatic rings. The van der Waals surface area contributed by atoms with E-state index in [1.807, 2.05) is 48.5 Å². The summed E-state index contributed by atoms with van der Waals surface area (Å²) in [7, 11) is 0. The second kappa shape index (κ2) is 8.10. The number of ether oxygens (including phenoxy) is 2. The van der Waals surface area contributed by atoms with Crippen LogP contribution in [-0.4, -0.2) is 70.4 Å². The largest absolute Gasteiger partial charge is 0.449 e. The highest BCUT2D eigenvalue weighted by molar-refractivity contribution is 5.79. The van der Waals surface area contributed by atoms with Gasteiger partial charge in [0, 0.05) is 5.92 Å². The van der Waals surface area contributed by atoms with Crippen molar-refractivity contribution in [2.75, 3.05) is 13.2 Å². The molecule has 1 aliphatic heterocycles. The van der Waals surface area contributed by atoms with E-state index in [0.717, 1.165) is 22.3 Å². The summed E-state index contributed by atoms with van der Waals surface area (Å²) in [6.07, 6.45) is -6.56. The van der Waals surface area contributed by atoms with Crippen molar-refractivity contribution in [2.24, 2.45) is 0 Å². The molecule has 0 spiro atoms. The zero-order valence-electron chi connectivity index (χ0n) is 15.5. The maximum Gasteiger partial charge on any atom is 0.407 e. The van der Waals surface area contributed by atoms with Crippen molar-refractivity contribution >= 4 is 6.09 Å². The minimum absolute atomic E-state index is 0.0709. The van der Waals surface area contributed by atoms with E-state index >= 15 is 0 Å². The van der Waals surface area contributed by atoms with Gasteiger partial charge in [0.1, 0.15) is 31.0 Å². The monoisotopic (exact) mass is 401 g/mol. The molecule has 1 aliphatic carbocycles. The fourth-order valence-electron chi connectivity index (χ4n) is 4.03. The zero-order valence-corrected chi connectivity index (χ0v) is 15.5. The van der Waals surface area contributed by atoms with Crippen LogP contribution in [0.1, 0.15) is 17.0 Å². The van der Waals surface area contributed by atoms with E-state index in [4.69, 9.17) is 14.6 Å². The number of hydrogen-bond acceptors (Lipinski definition) is 7. The van der Waals surface area contributed by atoms with Crippen molar-refractivity contribution in [3.8, 4) is 11.1 Å². The van der Waals surface area contributed by atoms with Gasteiger partial charge in [-0.2, -0.15) is 0 Å². The van der Waals surface area contributed by atoms with Crippen LogP contribution >= 0.6 is 0 Å². The highest BCUT2D eigenvalue weighted by atomic mass is 16.6. The summed E-state index contributed by atoms with van der Waals surface area (Å²) in [6, 6.07) is 14.5. The number of nitrogens with one attached hydrogen (secondary N) is 1. The molecule has 2 aromatic rings. The zero-order chi connectivity index (χ0) is 20.5. The molecule has 8 heteroatoms. The molecule has 0 bridgehead atoms. The Kier molecular flexibility index (Phi) is 5.53. The van der Waals surface area contributed by atoms with E-state index < -0.39 is 43.3 Å². The summed E-state index contributed by atoms with van der Waals surface area (Å²) in [6.45, 7) is -0.506. The summed E-state index contributed by atoms with van der Waals surface area (Å²) < 4.78 is 10.4. The number of aliphatic hydroxyl groups is 4. The van der Waals surface area contributed by atoms with Gasteiger partial charge in [-0.3, -0.25) is 0 Å². The molecule has 1 amide bonds. The number of fused-ring (bicyclic) bond motifs is 3. The van der Waals surface area contributed by atoms with Crippen molar-refractivity contribution in [1.29, 1.82) is 0 Å². The average Bonchev–Trinajstić information content (AvgIpc) is 3.06. The number of benzene rings is 2. The Labute approximate surface area is 167 Å². The molecule has 1 saturated heterocycles. The van der Waals surface area contributed by atoms with Crippen molar-refractivity contribution < 1.29 is 34.7 Å². The third-order valence-corrected chi connectivity index (χ3v) is 5.53. The maximum atomic E-state index is 12.3. The van der Waals surface area contributed by atoms with E-state index in [2.05, 4.69) is 5.32 Å². The van der Waals surface area contributed by atoms with Gasteiger partial charge in [0.15, 0.2) is 6.29 Å². The molecule has 1 heterocycles. The molecule has 154 valence electrons. The van der Waals surface area contributed by atoms with Crippen molar-refractivity contribution in [1.82, 2.24) is 5.32 Å². The van der Waals surface area contributed by atoms with Gasteiger partial charge in [0.05, 0.1) is 6.61 Å². The van der Waals surface area contributed by atoms with Crippen LogP contribution in [0.4, 0.5) is 4.79 Å². The molecular formula is C21H23NO7. The van der Waals surface area contributed by atoms with Gasteiger partial charge >= 0.3 is 6.09 Å². The molecule has 2 aromatic carbocycles. The minimum Gasteiger partial charge on any atom is -0.449 e. The summed E-state index contributed by atoms with van der Waals surface area (Å²) in [5, 5.41) is 41.5. The number of amides is 1. The van der Waals surface area contributed by atoms with E-state index in [1.165, 1.54) is 0 Å². The Morgan fingerprint density at radius 3 is 2.14 bits per heavy atom. The normalized spacial score (nSPS) is 28.5. The number of rotatable bonds is 4. The molecule has 29 heavy (non-hydrogen) atoms. The lowest BCUT2D eigenvalue weighted by molar-refractivity contribution is -0.253. The van der Waals surface area contributed by atoms with Crippen LogP contribution < -0.4 is 5.32 Å². The van der Waals surface area contributed by atoms with Crippen molar-refractivity contribution in [3.63, 3.8) is 0 Å². The molecule has 0 aromatic heterocycles. The SMILES string of the molecule is O=C(N[C@@H]1[C@@H](O)[C@H](O)[C@@H](CO)O[C@H]1O)OCC1c2ccccc2-c2ccccc21. The van der Waals surface area contributed by atoms with Crippen LogP contribution in [0.5, 0.6) is 0 Å². The second-order valence-corrected chi connectivity index (χ2v) is 7.22. The molecule has 5 N–H and O–H groups in total. The summed E-state index contributed by atoms with van der Waals surface area (Å²) in [5.41, 5.74) is 4.32. The summed E-state index contributed by atoms with van der Waals surface area (Å²) in [5.74, 6) is -0.130. The maximum absolute atomic E-state index is 12.3. The highest BCUT2D eigenvalue weighted by Gasteiger charge is 2.44. The standard InChI is InChI=1S/C21H23NO7/c23-9-16-18(24)19(25)17(20(26)29-16)22-21(27)28-10-15-13-7-3-1-5-11(13)12-6-2-4-8-14(12)15/h1-8,15-20,23-26H,9-10H2,(H,22,27)/t16-,17-,18-,19-,20-/m1/s1. The van der Waals surface area contributed by atoms with Crippen LogP contribution in [0.15, 0.2) is 48.5 Å². The van der Waals surface area contributed by atoms with Gasteiger partial charge in [0.2, 0.25) is 0 Å². The Morgan fingerprint density at radius 1 is 0.966 bits per heavy atom. The van der Waals surface area contributed by atoms with Crippen molar-refractivity contribution in [3.05, 3.63) is 59.7 Å². The number of carbonyl (C=O) groups is 1. The molecular weight excluding hydrogens is 378 g/mol. The van der Waals surface area contributed by atoms with E-state index in [0.29, 0.717) is 0 Å². The quantitative estimate of drug-likeness (QED) is 0.499. The van der Waals surface area contributed by atoms with Gasteiger partial charge in [-0.25, -0.2) is 4.79 Å². The van der Waals surface area contributed by atoms with E-state index in [-0.39, 0.29) is 12.5 Å². The third-order valence-electron chi connectivity index (χ3n) is 5.53. The smallest absolute Gasteiger partial charge is 0.407 e. The lowest BCUT2D eigenvalue weighted by Crippen LogP contribution is -2.64. The molecule has 0 unspecified atom stereocenters. The van der Waals surface area contributed by atoms with E-state index in [9.17, 15) is 20.1 Å². The van der Waals surface area contributed by atoms with Crippen LogP contribution in [0.2, 0.25) is 0 Å². The van der Waals surface area contributed by atoms with Gasteiger partial charge in [-0.15, -0.1) is 0 Å². The lowest BCUT2D eigenvalue weighted by atomic mass is 9.97. The Bertz CT molecular complexity index is 843. The molecule has 1 fully saturated rings. The summed E-state index contributed by atoms with van der Waals surface area (Å²) >= 11 is 0. The first-order chi connectivity index (χ1) is 14.0. The van der Waals surface area contributed by atoms with Gasteiger partial charge in [0.25, 0.3) is 0 Å². The van der Waals surface area contributed by atoms with Crippen LogP contribution in [0.25, 0.3) is 11.1 Å². The van der Waals surface area contributed by atoms with Gasteiger partial charge in [-0.05, 0) is 22.3 Å². The molecule has 0 radical (unpaired) electrons. The molecule has 4 rings (SSSR count).